The van der Waals surface area contributed by atoms with Crippen LogP contribution in [0.25, 0.3) is 0 Å². The Bertz CT molecular complexity index is 197. The van der Waals surface area contributed by atoms with Gasteiger partial charge in [0.15, 0.2) is 0 Å². The zero-order valence-electron chi connectivity index (χ0n) is 6.86. The van der Waals surface area contributed by atoms with E-state index >= 15 is 0 Å². The Labute approximate surface area is 73.4 Å². The predicted molar refractivity (Wildman–Crippen MR) is 41.8 cm³/mol. The Morgan fingerprint density at radius 2 is 2.08 bits per heavy atom. The fraction of sp³-hybridized carbons (Fsp3) is 0.833. The van der Waals surface area contributed by atoms with Crippen LogP contribution in [-0.4, -0.2) is 24.7 Å². The lowest BCUT2D eigenvalue weighted by atomic mass is 10.6. The maximum atomic E-state index is 11.7. The zero-order chi connectivity index (χ0) is 9.90. The first-order valence-electron chi connectivity index (χ1n) is 3.85. The molecule has 4 N–H and O–H groups in total. The molecule has 13 heavy (non-hydrogen) atoms. The molecule has 0 heterocycles. The summed E-state index contributed by atoms with van der Waals surface area (Å²) in [6.45, 7) is -1.22. The van der Waals surface area contributed by atoms with Crippen LogP contribution in [0.4, 0.5) is 13.2 Å². The highest BCUT2D eigenvalue weighted by atomic mass is 19.4. The number of halogens is 3. The molecule has 0 aromatic rings. The van der Waals surface area contributed by atoms with Crippen molar-refractivity contribution >= 4 is 5.96 Å². The minimum atomic E-state index is -4.28. The highest BCUT2D eigenvalue weighted by Crippen LogP contribution is 2.18. The summed E-state index contributed by atoms with van der Waals surface area (Å²) in [7, 11) is 0. The molecule has 0 aliphatic heterocycles. The first kappa shape index (κ1) is 10.1. The molecule has 0 aromatic heterocycles. The molecule has 0 radical (unpaired) electrons. The van der Waals surface area contributed by atoms with Crippen molar-refractivity contribution in [3.05, 3.63) is 0 Å². The van der Waals surface area contributed by atoms with Gasteiger partial charge >= 0.3 is 6.18 Å². The molecule has 0 saturated heterocycles. The summed E-state index contributed by atoms with van der Waals surface area (Å²) in [6.07, 6.45) is -2.38. The average Bonchev–Trinajstić information content (AvgIpc) is 2.79. The summed E-state index contributed by atoms with van der Waals surface area (Å²) in [5.41, 5.74) is 2.08. The second kappa shape index (κ2) is 3.82. The van der Waals surface area contributed by atoms with E-state index in [0.29, 0.717) is 0 Å². The van der Waals surface area contributed by atoms with Gasteiger partial charge < -0.3 is 5.32 Å². The molecule has 1 fully saturated rings. The van der Waals surface area contributed by atoms with Crippen molar-refractivity contribution in [2.75, 3.05) is 6.54 Å². The van der Waals surface area contributed by atoms with Gasteiger partial charge in [-0.15, -0.1) is 0 Å². The van der Waals surface area contributed by atoms with Crippen LogP contribution >= 0.6 is 0 Å². The van der Waals surface area contributed by atoms with E-state index in [1.165, 1.54) is 0 Å². The third-order valence-electron chi connectivity index (χ3n) is 1.47. The van der Waals surface area contributed by atoms with Crippen molar-refractivity contribution in [1.29, 1.82) is 0 Å². The maximum Gasteiger partial charge on any atom is 0.408 e. The molecule has 0 atom stereocenters. The summed E-state index contributed by atoms with van der Waals surface area (Å²) in [5.74, 6) is 4.97. The molecule has 1 saturated carbocycles. The van der Waals surface area contributed by atoms with E-state index in [9.17, 15) is 13.2 Å². The van der Waals surface area contributed by atoms with Crippen molar-refractivity contribution in [2.45, 2.75) is 25.1 Å². The van der Waals surface area contributed by atoms with Gasteiger partial charge in [-0.25, -0.2) is 10.8 Å². The first-order valence-corrected chi connectivity index (χ1v) is 3.85. The molecule has 0 amide bonds. The van der Waals surface area contributed by atoms with E-state index in [4.69, 9.17) is 5.84 Å². The van der Waals surface area contributed by atoms with E-state index in [1.54, 1.807) is 0 Å². The van der Waals surface area contributed by atoms with Gasteiger partial charge in [-0.05, 0) is 12.8 Å². The molecule has 0 spiro atoms. The topological polar surface area (TPSA) is 62.4 Å². The van der Waals surface area contributed by atoms with Crippen molar-refractivity contribution < 1.29 is 13.2 Å². The van der Waals surface area contributed by atoms with Crippen molar-refractivity contribution in [1.82, 2.24) is 10.7 Å². The Kier molecular flexibility index (Phi) is 2.97. The van der Waals surface area contributed by atoms with Crippen LogP contribution in [-0.2, 0) is 0 Å². The number of hydrazine groups is 1. The molecular weight excluding hydrogens is 185 g/mol. The Hall–Kier alpha value is -0.980. The van der Waals surface area contributed by atoms with Gasteiger partial charge in [0, 0.05) is 6.04 Å². The normalized spacial score (nSPS) is 18.6. The summed E-state index contributed by atoms with van der Waals surface area (Å²) in [5, 5.41) is 2.73. The second-order valence-electron chi connectivity index (χ2n) is 2.84. The average molecular weight is 196 g/mol. The van der Waals surface area contributed by atoms with E-state index in [2.05, 4.69) is 15.7 Å². The lowest BCUT2D eigenvalue weighted by molar-refractivity contribution is -0.118. The Morgan fingerprint density at radius 3 is 2.46 bits per heavy atom. The number of nitrogens with one attached hydrogen (secondary N) is 2. The number of hydrogen-bond acceptors (Lipinski definition) is 2. The number of nitrogens with zero attached hydrogens (tertiary/aromatic N) is 1. The van der Waals surface area contributed by atoms with Gasteiger partial charge in [0.05, 0.1) is 0 Å². The van der Waals surface area contributed by atoms with E-state index in [1.807, 2.05) is 0 Å². The van der Waals surface area contributed by atoms with E-state index < -0.39 is 12.7 Å². The fourth-order valence-electron chi connectivity index (χ4n) is 0.723. The minimum absolute atomic E-state index is 0.000162. The Balaban J connectivity index is 2.34. The van der Waals surface area contributed by atoms with Gasteiger partial charge in [0.1, 0.15) is 6.54 Å². The van der Waals surface area contributed by atoms with Gasteiger partial charge in [0.25, 0.3) is 0 Å². The number of nitrogens with two attached hydrogens (primary N) is 1. The summed E-state index contributed by atoms with van der Waals surface area (Å²) in [4.78, 5) is 3.24. The van der Waals surface area contributed by atoms with Gasteiger partial charge in [-0.3, -0.25) is 5.43 Å². The summed E-state index contributed by atoms with van der Waals surface area (Å²) in [6, 6.07) is 0.225. The smallest absolute Gasteiger partial charge is 0.353 e. The first-order chi connectivity index (χ1) is 6.01. The van der Waals surface area contributed by atoms with Crippen molar-refractivity contribution in [2.24, 2.45) is 10.8 Å². The number of rotatable bonds is 2. The molecule has 0 bridgehead atoms. The van der Waals surface area contributed by atoms with Gasteiger partial charge in [-0.1, -0.05) is 0 Å². The highest BCUT2D eigenvalue weighted by molar-refractivity contribution is 5.79. The van der Waals surface area contributed by atoms with Gasteiger partial charge in [-0.2, -0.15) is 13.2 Å². The number of aliphatic imine (C=N–C) groups is 1. The molecule has 1 aliphatic rings. The van der Waals surface area contributed by atoms with E-state index in [0.717, 1.165) is 12.8 Å². The molecule has 76 valence electrons. The predicted octanol–water partition coefficient (Wildman–Crippen LogP) is 0.120. The van der Waals surface area contributed by atoms with E-state index in [-0.39, 0.29) is 12.0 Å². The molecule has 4 nitrogen and oxygen atoms in total. The van der Waals surface area contributed by atoms with Crippen LogP contribution in [0.15, 0.2) is 4.99 Å². The minimum Gasteiger partial charge on any atom is -0.353 e. The molecule has 0 unspecified atom stereocenters. The highest BCUT2D eigenvalue weighted by Gasteiger charge is 2.27. The lowest BCUT2D eigenvalue weighted by Gasteiger charge is -2.08. The molecule has 0 aromatic carbocycles. The maximum absolute atomic E-state index is 11.7. The third-order valence-corrected chi connectivity index (χ3v) is 1.47. The SMILES string of the molecule is NNC(=NCC(F)(F)F)NC1CC1. The third kappa shape index (κ3) is 4.56. The summed E-state index contributed by atoms with van der Waals surface area (Å²) < 4.78 is 35.1. The van der Waals surface area contributed by atoms with Crippen LogP contribution in [0.1, 0.15) is 12.8 Å². The van der Waals surface area contributed by atoms with Crippen LogP contribution in [0.3, 0.4) is 0 Å². The van der Waals surface area contributed by atoms with Crippen LogP contribution in [0.2, 0.25) is 0 Å². The van der Waals surface area contributed by atoms with Crippen molar-refractivity contribution in [3.63, 3.8) is 0 Å². The standard InChI is InChI=1S/C6H11F3N4/c7-6(8,9)3-11-5(13-10)12-4-1-2-4/h4H,1-3,10H2,(H2,11,12,13). The number of hydrogen-bond donors (Lipinski definition) is 3. The molecule has 1 rings (SSSR count). The fourth-order valence-corrected chi connectivity index (χ4v) is 0.723. The number of guanidine groups is 1. The zero-order valence-corrected chi connectivity index (χ0v) is 6.86. The largest absolute Gasteiger partial charge is 0.408 e. The number of alkyl halides is 3. The quantitative estimate of drug-likeness (QED) is 0.254. The van der Waals surface area contributed by atoms with Crippen molar-refractivity contribution in [3.8, 4) is 0 Å². The Morgan fingerprint density at radius 1 is 1.46 bits per heavy atom. The monoisotopic (exact) mass is 196 g/mol. The second-order valence-corrected chi connectivity index (χ2v) is 2.84. The van der Waals surface area contributed by atoms with Crippen LogP contribution in [0, 0.1) is 0 Å². The lowest BCUT2D eigenvalue weighted by Crippen LogP contribution is -2.43. The molecular formula is C6H11F3N4. The van der Waals surface area contributed by atoms with Gasteiger partial charge in [0.2, 0.25) is 5.96 Å². The summed E-state index contributed by atoms with van der Waals surface area (Å²) >= 11 is 0. The van der Waals surface area contributed by atoms with Crippen LogP contribution in [0.5, 0.6) is 0 Å². The van der Waals surface area contributed by atoms with Crippen LogP contribution < -0.4 is 16.6 Å². The molecule has 7 heteroatoms. The molecule has 1 aliphatic carbocycles.